The fourth-order valence-electron chi connectivity index (χ4n) is 4.55. The lowest BCUT2D eigenvalue weighted by Gasteiger charge is -2.14. The number of nitrogens with zero attached hydrogens (tertiary/aromatic N) is 4. The van der Waals surface area contributed by atoms with Crippen LogP contribution in [0.4, 0.5) is 14.7 Å². The van der Waals surface area contributed by atoms with E-state index < -0.39 is 11.6 Å². The topological polar surface area (TPSA) is 93.3 Å². The molecular weight excluding hydrogens is 490 g/mol. The SMILES string of the molecule is CC(NC(=O)c1cn(C)c2ccc(-c3ccn4nc(NC(=O)C5(F)CC5)nc4c3)cc12)c1cccc(F)c1. The number of halogens is 2. The molecular formula is C28H24F2N6O2. The fourth-order valence-corrected chi connectivity index (χ4v) is 4.55. The molecule has 3 heterocycles. The number of nitrogens with one attached hydrogen (secondary N) is 2. The minimum Gasteiger partial charge on any atom is -0.350 e. The van der Waals surface area contributed by atoms with E-state index in [2.05, 4.69) is 20.7 Å². The number of hydrogen-bond acceptors (Lipinski definition) is 4. The van der Waals surface area contributed by atoms with Crippen molar-refractivity contribution < 1.29 is 18.4 Å². The van der Waals surface area contributed by atoms with Crippen LogP contribution in [0, 0.1) is 5.82 Å². The highest BCUT2D eigenvalue weighted by Gasteiger charge is 2.51. The number of carbonyl (C=O) groups is 2. The van der Waals surface area contributed by atoms with Crippen LogP contribution in [0.1, 0.15) is 41.7 Å². The van der Waals surface area contributed by atoms with E-state index in [4.69, 9.17) is 0 Å². The Balaban J connectivity index is 1.29. The molecule has 0 saturated heterocycles. The number of pyridine rings is 1. The van der Waals surface area contributed by atoms with Crippen LogP contribution < -0.4 is 10.6 Å². The van der Waals surface area contributed by atoms with Crippen molar-refractivity contribution in [1.82, 2.24) is 24.5 Å². The predicted molar refractivity (Wildman–Crippen MR) is 139 cm³/mol. The number of anilines is 1. The fraction of sp³-hybridized carbons (Fsp3) is 0.214. The molecule has 2 N–H and O–H groups in total. The molecule has 1 unspecified atom stereocenters. The summed E-state index contributed by atoms with van der Waals surface area (Å²) in [5, 5.41) is 10.4. The minimum atomic E-state index is -1.81. The zero-order chi connectivity index (χ0) is 26.6. The zero-order valence-electron chi connectivity index (χ0n) is 20.7. The van der Waals surface area contributed by atoms with Crippen molar-refractivity contribution in [2.75, 3.05) is 5.32 Å². The Hall–Kier alpha value is -4.60. The third kappa shape index (κ3) is 4.27. The zero-order valence-corrected chi connectivity index (χ0v) is 20.7. The van der Waals surface area contributed by atoms with Crippen LogP contribution in [0.3, 0.4) is 0 Å². The number of aromatic nitrogens is 4. The molecule has 1 saturated carbocycles. The number of aryl methyl sites for hydroxylation is 1. The first-order valence-corrected chi connectivity index (χ1v) is 12.2. The van der Waals surface area contributed by atoms with E-state index in [0.29, 0.717) is 16.8 Å². The van der Waals surface area contributed by atoms with Crippen molar-refractivity contribution in [3.8, 4) is 11.1 Å². The molecule has 10 heteroatoms. The molecule has 8 nitrogen and oxygen atoms in total. The average Bonchev–Trinajstić information content (AvgIpc) is 3.39. The number of benzene rings is 2. The first-order chi connectivity index (χ1) is 18.2. The van der Waals surface area contributed by atoms with Crippen molar-refractivity contribution in [1.29, 1.82) is 0 Å². The highest BCUT2D eigenvalue weighted by atomic mass is 19.1. The van der Waals surface area contributed by atoms with Gasteiger partial charge in [-0.3, -0.25) is 14.9 Å². The number of carbonyl (C=O) groups excluding carboxylic acids is 2. The van der Waals surface area contributed by atoms with Crippen molar-refractivity contribution >= 4 is 34.3 Å². The van der Waals surface area contributed by atoms with Crippen molar-refractivity contribution in [3.05, 3.63) is 83.9 Å². The number of hydrogen-bond donors (Lipinski definition) is 2. The van der Waals surface area contributed by atoms with Crippen molar-refractivity contribution in [2.45, 2.75) is 31.5 Å². The number of alkyl halides is 1. The summed E-state index contributed by atoms with van der Waals surface area (Å²) in [4.78, 5) is 29.6. The highest BCUT2D eigenvalue weighted by molar-refractivity contribution is 6.08. The summed E-state index contributed by atoms with van der Waals surface area (Å²) >= 11 is 0. The molecule has 3 aromatic heterocycles. The van der Waals surface area contributed by atoms with E-state index in [1.165, 1.54) is 16.6 Å². The van der Waals surface area contributed by atoms with Crippen LogP contribution in [0.2, 0.25) is 0 Å². The van der Waals surface area contributed by atoms with Gasteiger partial charge < -0.3 is 9.88 Å². The summed E-state index contributed by atoms with van der Waals surface area (Å²) in [6.45, 7) is 1.81. The predicted octanol–water partition coefficient (Wildman–Crippen LogP) is 4.96. The molecule has 1 atom stereocenters. The standard InChI is InChI=1S/C28H24F2N6O2/c1-16(17-4-3-5-20(29)12-17)31-25(37)22-15-35(2)23-7-6-18(13-21(22)23)19-8-11-36-24(14-19)32-27(34-36)33-26(38)28(30)9-10-28/h3-8,11-16H,9-10H2,1-2H3,(H,31,37)(H,33,34,38). The lowest BCUT2D eigenvalue weighted by atomic mass is 10.0. The maximum atomic E-state index is 14.0. The molecule has 5 aromatic rings. The molecule has 1 fully saturated rings. The van der Waals surface area contributed by atoms with Crippen LogP contribution in [-0.2, 0) is 11.8 Å². The second kappa shape index (κ2) is 8.76. The first kappa shape index (κ1) is 23.8. The molecule has 38 heavy (non-hydrogen) atoms. The van der Waals surface area contributed by atoms with E-state index >= 15 is 0 Å². The maximum absolute atomic E-state index is 14.0. The molecule has 192 valence electrons. The quantitative estimate of drug-likeness (QED) is 0.335. The Morgan fingerprint density at radius 2 is 1.87 bits per heavy atom. The Morgan fingerprint density at radius 1 is 1.08 bits per heavy atom. The van der Waals surface area contributed by atoms with Crippen molar-refractivity contribution in [3.63, 3.8) is 0 Å². The Bertz CT molecular complexity index is 1740. The summed E-state index contributed by atoms with van der Waals surface area (Å²) in [5.41, 5.74) is 2.41. The maximum Gasteiger partial charge on any atom is 0.264 e. The Kier molecular flexibility index (Phi) is 5.48. The average molecular weight is 515 g/mol. The van der Waals surface area contributed by atoms with Gasteiger partial charge in [-0.05, 0) is 72.9 Å². The number of fused-ring (bicyclic) bond motifs is 2. The van der Waals surface area contributed by atoms with Gasteiger partial charge in [-0.25, -0.2) is 13.3 Å². The van der Waals surface area contributed by atoms with Crippen molar-refractivity contribution in [2.24, 2.45) is 7.05 Å². The monoisotopic (exact) mass is 514 g/mol. The van der Waals surface area contributed by atoms with E-state index in [9.17, 15) is 18.4 Å². The van der Waals surface area contributed by atoms with E-state index in [-0.39, 0.29) is 36.6 Å². The molecule has 6 rings (SSSR count). The lowest BCUT2D eigenvalue weighted by molar-refractivity contribution is -0.122. The molecule has 0 radical (unpaired) electrons. The normalized spacial score (nSPS) is 14.9. The molecule has 1 aliphatic rings. The number of amides is 2. The van der Waals surface area contributed by atoms with Gasteiger partial charge in [-0.1, -0.05) is 18.2 Å². The molecule has 2 aromatic carbocycles. The van der Waals surface area contributed by atoms with Gasteiger partial charge in [-0.15, -0.1) is 5.10 Å². The molecule has 0 spiro atoms. The lowest BCUT2D eigenvalue weighted by Crippen LogP contribution is -2.26. The van der Waals surface area contributed by atoms with Gasteiger partial charge in [0.1, 0.15) is 5.82 Å². The smallest absolute Gasteiger partial charge is 0.264 e. The first-order valence-electron chi connectivity index (χ1n) is 12.2. The van der Waals surface area contributed by atoms with Gasteiger partial charge in [0.05, 0.1) is 11.6 Å². The number of rotatable bonds is 6. The summed E-state index contributed by atoms with van der Waals surface area (Å²) in [6, 6.07) is 15.3. The van der Waals surface area contributed by atoms with Gasteiger partial charge in [0.15, 0.2) is 11.3 Å². The van der Waals surface area contributed by atoms with E-state index in [1.54, 1.807) is 30.6 Å². The van der Waals surface area contributed by atoms with Crippen LogP contribution in [-0.4, -0.2) is 36.6 Å². The van der Waals surface area contributed by atoms with Gasteiger partial charge in [0, 0.05) is 30.3 Å². The summed E-state index contributed by atoms with van der Waals surface area (Å²) in [7, 11) is 1.87. The molecule has 1 aliphatic carbocycles. The minimum absolute atomic E-state index is 0.0426. The second-order valence-electron chi connectivity index (χ2n) is 9.71. The van der Waals surface area contributed by atoms with Crippen LogP contribution in [0.5, 0.6) is 0 Å². The molecule has 2 amide bonds. The molecule has 0 bridgehead atoms. The van der Waals surface area contributed by atoms with Crippen LogP contribution in [0.25, 0.3) is 27.7 Å². The van der Waals surface area contributed by atoms with Gasteiger partial charge in [-0.2, -0.15) is 4.98 Å². The second-order valence-corrected chi connectivity index (χ2v) is 9.71. The van der Waals surface area contributed by atoms with Crippen LogP contribution >= 0.6 is 0 Å². The van der Waals surface area contributed by atoms with E-state index in [1.807, 2.05) is 42.8 Å². The summed E-state index contributed by atoms with van der Waals surface area (Å²) in [6.07, 6.45) is 3.90. The van der Waals surface area contributed by atoms with Crippen LogP contribution in [0.15, 0.2) is 67.0 Å². The van der Waals surface area contributed by atoms with E-state index in [0.717, 1.165) is 22.0 Å². The third-order valence-corrected chi connectivity index (χ3v) is 6.92. The Labute approximate surface area is 216 Å². The summed E-state index contributed by atoms with van der Waals surface area (Å²) < 4.78 is 31.0. The summed E-state index contributed by atoms with van der Waals surface area (Å²) in [5.74, 6) is -1.30. The van der Waals surface area contributed by atoms with Gasteiger partial charge >= 0.3 is 0 Å². The van der Waals surface area contributed by atoms with Gasteiger partial charge in [0.25, 0.3) is 11.8 Å². The largest absolute Gasteiger partial charge is 0.350 e. The van der Waals surface area contributed by atoms with Gasteiger partial charge in [0.2, 0.25) is 5.95 Å². The third-order valence-electron chi connectivity index (χ3n) is 6.92. The molecule has 0 aliphatic heterocycles. The highest BCUT2D eigenvalue weighted by Crippen LogP contribution is 2.40. The Morgan fingerprint density at radius 3 is 2.63 bits per heavy atom.